The summed E-state index contributed by atoms with van der Waals surface area (Å²) >= 11 is 0. The highest BCUT2D eigenvalue weighted by molar-refractivity contribution is 6.08. The summed E-state index contributed by atoms with van der Waals surface area (Å²) in [6.45, 7) is 7.85. The third kappa shape index (κ3) is 9.87. The van der Waals surface area contributed by atoms with E-state index >= 15 is 0 Å². The lowest BCUT2D eigenvalue weighted by Crippen LogP contribution is -2.45. The van der Waals surface area contributed by atoms with E-state index in [2.05, 4.69) is 16.0 Å². The van der Waals surface area contributed by atoms with Gasteiger partial charge < -0.3 is 56.4 Å². The summed E-state index contributed by atoms with van der Waals surface area (Å²) in [5.74, 6) is -3.32. The number of nitrogens with one attached hydrogen (secondary N) is 3. The molecule has 5 amide bonds. The van der Waals surface area contributed by atoms with Gasteiger partial charge in [0.2, 0.25) is 11.8 Å². The number of aliphatic hydroxyl groups is 6. The van der Waals surface area contributed by atoms with Crippen molar-refractivity contribution in [3.8, 4) is 0 Å². The number of amides is 5. The van der Waals surface area contributed by atoms with E-state index in [1.807, 2.05) is 0 Å². The third-order valence-electron chi connectivity index (χ3n) is 8.97. The van der Waals surface area contributed by atoms with Crippen molar-refractivity contribution < 1.29 is 54.6 Å². The van der Waals surface area contributed by atoms with E-state index in [1.165, 1.54) is 23.8 Å². The first-order chi connectivity index (χ1) is 23.9. The van der Waals surface area contributed by atoms with Gasteiger partial charge in [0.25, 0.3) is 17.7 Å². The summed E-state index contributed by atoms with van der Waals surface area (Å²) in [7, 11) is 1.40. The van der Waals surface area contributed by atoms with Crippen LogP contribution in [0.25, 0.3) is 0 Å². The zero-order valence-electron chi connectivity index (χ0n) is 30.4. The Balaban J connectivity index is 2.49. The minimum absolute atomic E-state index is 0.0182. The lowest BCUT2D eigenvalue weighted by atomic mass is 9.89. The number of anilines is 2. The van der Waals surface area contributed by atoms with Gasteiger partial charge in [0, 0.05) is 61.3 Å². The highest BCUT2D eigenvalue weighted by atomic mass is 16.3. The van der Waals surface area contributed by atoms with Crippen LogP contribution in [-0.2, 0) is 9.59 Å². The van der Waals surface area contributed by atoms with Crippen molar-refractivity contribution in [3.63, 3.8) is 0 Å². The second-order valence-corrected chi connectivity index (χ2v) is 12.5. The summed E-state index contributed by atoms with van der Waals surface area (Å²) in [6, 6.07) is 0. The highest BCUT2D eigenvalue weighted by Crippen LogP contribution is 2.33. The molecule has 0 saturated carbocycles. The van der Waals surface area contributed by atoms with Gasteiger partial charge in [-0.15, -0.1) is 0 Å². The number of rotatable bonds is 16. The molecule has 2 unspecified atom stereocenters. The van der Waals surface area contributed by atoms with Gasteiger partial charge in [-0.25, -0.2) is 0 Å². The van der Waals surface area contributed by atoms with Crippen LogP contribution in [0, 0.1) is 48.5 Å². The van der Waals surface area contributed by atoms with Crippen LogP contribution in [0.15, 0.2) is 0 Å². The second kappa shape index (κ2) is 18.7. The fourth-order valence-corrected chi connectivity index (χ4v) is 6.10. The molecule has 282 valence electrons. The second-order valence-electron chi connectivity index (χ2n) is 12.5. The normalized spacial score (nSPS) is 12.2. The molecule has 2 rings (SSSR count). The Hall–Kier alpha value is -4.45. The lowest BCUT2D eigenvalue weighted by Gasteiger charge is -2.30. The first-order valence-electron chi connectivity index (χ1n) is 16.3. The van der Waals surface area contributed by atoms with Gasteiger partial charge in [0.15, 0.2) is 0 Å². The molecule has 16 heteroatoms. The minimum atomic E-state index is -1.32. The third-order valence-corrected chi connectivity index (χ3v) is 8.97. The molecule has 0 saturated heterocycles. The van der Waals surface area contributed by atoms with Crippen molar-refractivity contribution in [2.75, 3.05) is 70.3 Å². The number of likely N-dealkylation sites (N-methyl/N-ethyl adjacent to an activating group) is 1. The first-order valence-corrected chi connectivity index (χ1v) is 16.3. The number of carbonyl (C=O) groups excluding carboxylic acids is 5. The molecule has 0 bridgehead atoms. The van der Waals surface area contributed by atoms with Gasteiger partial charge in [-0.2, -0.15) is 0 Å². The molecule has 2 aromatic carbocycles. The van der Waals surface area contributed by atoms with E-state index in [0.29, 0.717) is 22.4 Å². The molecule has 0 aliphatic carbocycles. The van der Waals surface area contributed by atoms with Crippen molar-refractivity contribution in [2.45, 2.75) is 60.7 Å². The number of carbonyl (C=O) groups is 5. The van der Waals surface area contributed by atoms with Gasteiger partial charge in [-0.1, -0.05) is 0 Å². The van der Waals surface area contributed by atoms with Crippen LogP contribution in [0.5, 0.6) is 0 Å². The van der Waals surface area contributed by atoms with Crippen LogP contribution in [0.4, 0.5) is 11.4 Å². The van der Waals surface area contributed by atoms with Crippen LogP contribution in [0.1, 0.15) is 70.0 Å². The Morgan fingerprint density at radius 1 is 0.608 bits per heavy atom. The number of hydrogen-bond acceptors (Lipinski definition) is 11. The van der Waals surface area contributed by atoms with E-state index in [0.717, 1.165) is 5.56 Å². The smallest absolute Gasteiger partial charge is 0.254 e. The van der Waals surface area contributed by atoms with Gasteiger partial charge in [-0.3, -0.25) is 24.0 Å². The molecule has 9 N–H and O–H groups in total. The van der Waals surface area contributed by atoms with Crippen molar-refractivity contribution in [1.29, 1.82) is 0 Å². The van der Waals surface area contributed by atoms with Gasteiger partial charge in [0.05, 0.1) is 25.4 Å². The van der Waals surface area contributed by atoms with Crippen molar-refractivity contribution in [3.05, 3.63) is 55.6 Å². The number of nitrogens with zero attached hydrogens (tertiary/aromatic N) is 2. The summed E-state index contributed by atoms with van der Waals surface area (Å²) < 4.78 is 0. The molecular weight excluding hydrogens is 666 g/mol. The van der Waals surface area contributed by atoms with E-state index in [9.17, 15) is 49.5 Å². The SMILES string of the molecule is Cc1c(C)c(NC(=O)CO)c(C)c(C(=O)N(CCO)CC(O)CN(C)C(=O)c2c(C)c(NC(=O)CO)c(C)c(C(=O)NCC(O)CO)c2C)c1C. The predicted molar refractivity (Wildman–Crippen MR) is 189 cm³/mol. The summed E-state index contributed by atoms with van der Waals surface area (Å²) in [4.78, 5) is 67.9. The van der Waals surface area contributed by atoms with Crippen LogP contribution < -0.4 is 16.0 Å². The summed E-state index contributed by atoms with van der Waals surface area (Å²) in [6.07, 6.45) is -2.56. The largest absolute Gasteiger partial charge is 0.395 e. The first kappa shape index (κ1) is 42.7. The lowest BCUT2D eigenvalue weighted by molar-refractivity contribution is -0.119. The fourth-order valence-electron chi connectivity index (χ4n) is 6.10. The van der Waals surface area contributed by atoms with E-state index < -0.39 is 68.2 Å². The molecule has 51 heavy (non-hydrogen) atoms. The molecule has 0 aliphatic rings. The molecule has 0 fully saturated rings. The standard InChI is InChI=1S/C35H51N5O11/c1-17-18(2)29(22(6)31(19(17)3)37-26(47)15-43)35(51)40(9-10-41)13-25(46)12-39(8)34(50)30-20(4)28(33(49)36-11-24(45)14-42)21(5)32(23(30)7)38-27(48)16-44/h24-25,41-46H,9-16H2,1-8H3,(H,36,49)(H,37,47)(H,38,48). The Labute approximate surface area is 297 Å². The average molecular weight is 718 g/mol. The maximum absolute atomic E-state index is 14.0. The molecule has 0 radical (unpaired) electrons. The quantitative estimate of drug-likeness (QED) is 0.106. The Morgan fingerprint density at radius 3 is 1.59 bits per heavy atom. The molecule has 2 atom stereocenters. The number of aliphatic hydroxyl groups excluding tert-OH is 6. The average Bonchev–Trinajstić information content (AvgIpc) is 3.09. The maximum atomic E-state index is 14.0. The topological polar surface area (TPSA) is 249 Å². The van der Waals surface area contributed by atoms with Crippen LogP contribution in [0.2, 0.25) is 0 Å². The van der Waals surface area contributed by atoms with Crippen LogP contribution in [0.3, 0.4) is 0 Å². The zero-order valence-corrected chi connectivity index (χ0v) is 30.4. The molecule has 2 aromatic rings. The number of hydrogen-bond donors (Lipinski definition) is 9. The zero-order chi connectivity index (χ0) is 38.9. The maximum Gasteiger partial charge on any atom is 0.254 e. The van der Waals surface area contributed by atoms with Crippen LogP contribution in [-0.4, -0.2) is 142 Å². The van der Waals surface area contributed by atoms with Gasteiger partial charge in [-0.05, 0) is 87.4 Å². The van der Waals surface area contributed by atoms with E-state index in [-0.39, 0.29) is 65.2 Å². The molecule has 16 nitrogen and oxygen atoms in total. The number of benzene rings is 2. The van der Waals surface area contributed by atoms with Crippen LogP contribution >= 0.6 is 0 Å². The molecule has 0 heterocycles. The van der Waals surface area contributed by atoms with Gasteiger partial charge >= 0.3 is 0 Å². The molecule has 0 aliphatic heterocycles. The monoisotopic (exact) mass is 717 g/mol. The minimum Gasteiger partial charge on any atom is -0.395 e. The van der Waals surface area contributed by atoms with E-state index in [4.69, 9.17) is 5.11 Å². The fraction of sp³-hybridized carbons (Fsp3) is 0.514. The summed E-state index contributed by atoms with van der Waals surface area (Å²) in [5.41, 5.74) is 4.07. The molecule has 0 spiro atoms. The van der Waals surface area contributed by atoms with Crippen molar-refractivity contribution >= 4 is 40.9 Å². The highest BCUT2D eigenvalue weighted by Gasteiger charge is 2.30. The summed E-state index contributed by atoms with van der Waals surface area (Å²) in [5, 5.41) is 66.2. The van der Waals surface area contributed by atoms with E-state index in [1.54, 1.807) is 41.5 Å². The van der Waals surface area contributed by atoms with Crippen molar-refractivity contribution in [2.24, 2.45) is 0 Å². The molecular formula is C35H51N5O11. The Bertz CT molecular complexity index is 1660. The Kier molecular flexibility index (Phi) is 15.7. The van der Waals surface area contributed by atoms with Crippen molar-refractivity contribution in [1.82, 2.24) is 15.1 Å². The van der Waals surface area contributed by atoms with Gasteiger partial charge in [0.1, 0.15) is 13.2 Å². The molecule has 0 aromatic heterocycles. The Morgan fingerprint density at radius 2 is 1.10 bits per heavy atom. The predicted octanol–water partition coefficient (Wildman–Crippen LogP) is -0.642.